The van der Waals surface area contributed by atoms with Crippen molar-refractivity contribution in [1.82, 2.24) is 10.6 Å². The molecule has 0 aliphatic carbocycles. The average Bonchev–Trinajstić information content (AvgIpc) is 2.43. The Labute approximate surface area is 150 Å². The molecule has 0 unspecified atom stereocenters. The van der Waals surface area contributed by atoms with Gasteiger partial charge in [-0.25, -0.2) is 0 Å². The quantitative estimate of drug-likeness (QED) is 0.790. The van der Waals surface area contributed by atoms with Gasteiger partial charge < -0.3 is 10.6 Å². The summed E-state index contributed by atoms with van der Waals surface area (Å²) in [6, 6.07) is 3.91. The third-order valence-electron chi connectivity index (χ3n) is 3.49. The van der Waals surface area contributed by atoms with Crippen LogP contribution in [0.1, 0.15) is 74.7 Å². The Morgan fingerprint density at radius 3 is 1.54 bits per heavy atom. The molecule has 0 saturated heterocycles. The van der Waals surface area contributed by atoms with Gasteiger partial charge in [0.05, 0.1) is 11.1 Å². The summed E-state index contributed by atoms with van der Waals surface area (Å²) < 4.78 is 0. The molecule has 2 N–H and O–H groups in total. The second kappa shape index (κ2) is 8.06. The van der Waals surface area contributed by atoms with Gasteiger partial charge in [-0.2, -0.15) is 0 Å². The molecular formula is C19H30N2O2S. The molecule has 0 spiro atoms. The zero-order chi connectivity index (χ0) is 18.7. The van der Waals surface area contributed by atoms with E-state index in [2.05, 4.69) is 31.4 Å². The minimum Gasteiger partial charge on any atom is -0.350 e. The number of amides is 2. The lowest BCUT2D eigenvalue weighted by Gasteiger charge is -2.24. The molecule has 0 saturated carbocycles. The van der Waals surface area contributed by atoms with Crippen LogP contribution >= 0.6 is 11.8 Å². The molecule has 0 fully saturated rings. The molecule has 0 atom stereocenters. The minimum absolute atomic E-state index is 0.0402. The van der Waals surface area contributed by atoms with E-state index in [1.807, 2.05) is 46.1 Å². The Morgan fingerprint density at radius 2 is 1.29 bits per heavy atom. The van der Waals surface area contributed by atoms with Crippen molar-refractivity contribution in [3.8, 4) is 0 Å². The molecule has 1 aromatic rings. The zero-order valence-corrected chi connectivity index (χ0v) is 16.9. The van der Waals surface area contributed by atoms with E-state index in [-0.39, 0.29) is 29.3 Å². The Kier molecular flexibility index (Phi) is 6.90. The van der Waals surface area contributed by atoms with Gasteiger partial charge in [0.25, 0.3) is 11.8 Å². The third-order valence-corrected chi connectivity index (χ3v) is 4.34. The Hall–Kier alpha value is -1.49. The molecule has 1 aromatic carbocycles. The second-order valence-electron chi connectivity index (χ2n) is 7.61. The first-order chi connectivity index (χ1) is 11.0. The highest BCUT2D eigenvalue weighted by Crippen LogP contribution is 2.32. The van der Waals surface area contributed by atoms with Crippen LogP contribution in [0.2, 0.25) is 0 Å². The maximum absolute atomic E-state index is 12.7. The molecule has 0 aliphatic heterocycles. The molecule has 5 heteroatoms. The zero-order valence-electron chi connectivity index (χ0n) is 16.0. The fraction of sp³-hybridized carbons (Fsp3) is 0.579. The summed E-state index contributed by atoms with van der Waals surface area (Å²) in [5.41, 5.74) is 1.95. The lowest BCUT2D eigenvalue weighted by molar-refractivity contribution is 0.0938. The normalized spacial score (nSPS) is 11.8. The van der Waals surface area contributed by atoms with E-state index in [1.54, 1.807) is 0 Å². The molecule has 0 aromatic heterocycles. The largest absolute Gasteiger partial charge is 0.350 e. The number of benzene rings is 1. The van der Waals surface area contributed by atoms with Gasteiger partial charge in [0.15, 0.2) is 0 Å². The van der Waals surface area contributed by atoms with Crippen molar-refractivity contribution in [3.05, 3.63) is 28.8 Å². The van der Waals surface area contributed by atoms with Gasteiger partial charge in [0, 0.05) is 17.0 Å². The second-order valence-corrected chi connectivity index (χ2v) is 8.43. The first-order valence-electron chi connectivity index (χ1n) is 8.31. The van der Waals surface area contributed by atoms with Crippen LogP contribution in [0, 0.1) is 0 Å². The van der Waals surface area contributed by atoms with Gasteiger partial charge in [0.1, 0.15) is 0 Å². The number of hydrogen-bond donors (Lipinski definition) is 2. The van der Waals surface area contributed by atoms with Gasteiger partial charge >= 0.3 is 0 Å². The third kappa shape index (κ3) is 5.26. The molecule has 0 aliphatic rings. The average molecular weight is 351 g/mol. The maximum atomic E-state index is 12.7. The minimum atomic E-state index is -0.156. The Bertz CT molecular complexity index is 573. The fourth-order valence-electron chi connectivity index (χ4n) is 2.30. The van der Waals surface area contributed by atoms with Crippen molar-refractivity contribution in [3.63, 3.8) is 0 Å². The van der Waals surface area contributed by atoms with E-state index in [1.165, 1.54) is 11.8 Å². The lowest BCUT2D eigenvalue weighted by Crippen LogP contribution is -2.33. The highest BCUT2D eigenvalue weighted by Gasteiger charge is 2.25. The van der Waals surface area contributed by atoms with Gasteiger partial charge in [-0.3, -0.25) is 9.59 Å². The molecular weight excluding hydrogens is 320 g/mol. The number of rotatable bonds is 5. The smallest absolute Gasteiger partial charge is 0.252 e. The van der Waals surface area contributed by atoms with Crippen molar-refractivity contribution in [2.45, 2.75) is 70.9 Å². The highest BCUT2D eigenvalue weighted by molar-refractivity contribution is 7.98. The number of hydrogen-bond acceptors (Lipinski definition) is 3. The van der Waals surface area contributed by atoms with Crippen LogP contribution in [0.5, 0.6) is 0 Å². The van der Waals surface area contributed by atoms with Gasteiger partial charge in [0.2, 0.25) is 0 Å². The molecule has 0 heterocycles. The number of carbonyl (C=O) groups excluding carboxylic acids is 2. The van der Waals surface area contributed by atoms with Crippen LogP contribution in [0.15, 0.2) is 17.0 Å². The predicted octanol–water partition coefficient (Wildman–Crippen LogP) is 3.98. The number of nitrogens with one attached hydrogen (secondary N) is 2. The first kappa shape index (κ1) is 20.6. The van der Waals surface area contributed by atoms with Gasteiger partial charge in [-0.1, -0.05) is 20.8 Å². The molecule has 24 heavy (non-hydrogen) atoms. The van der Waals surface area contributed by atoms with Crippen molar-refractivity contribution in [2.24, 2.45) is 0 Å². The monoisotopic (exact) mass is 350 g/mol. The summed E-state index contributed by atoms with van der Waals surface area (Å²) in [4.78, 5) is 26.0. The van der Waals surface area contributed by atoms with E-state index >= 15 is 0 Å². The topological polar surface area (TPSA) is 58.2 Å². The van der Waals surface area contributed by atoms with Crippen LogP contribution < -0.4 is 10.6 Å². The van der Waals surface area contributed by atoms with Crippen LogP contribution in [-0.2, 0) is 5.41 Å². The summed E-state index contributed by atoms with van der Waals surface area (Å²) in [6.45, 7) is 13.9. The van der Waals surface area contributed by atoms with Crippen molar-refractivity contribution in [1.29, 1.82) is 0 Å². The van der Waals surface area contributed by atoms with Gasteiger partial charge in [-0.15, -0.1) is 11.8 Å². The van der Waals surface area contributed by atoms with Crippen molar-refractivity contribution in [2.75, 3.05) is 6.26 Å². The summed E-state index contributed by atoms with van der Waals surface area (Å²) in [6.07, 6.45) is 1.89. The number of thioether (sulfide) groups is 1. The molecule has 0 bridgehead atoms. The van der Waals surface area contributed by atoms with Gasteiger partial charge in [-0.05, 0) is 57.1 Å². The van der Waals surface area contributed by atoms with E-state index in [9.17, 15) is 9.59 Å². The molecule has 2 amide bonds. The molecule has 1 rings (SSSR count). The number of carbonyl (C=O) groups is 2. The lowest BCUT2D eigenvalue weighted by atomic mass is 9.84. The standard InChI is InChI=1S/C19H30N2O2S/c1-11(2)20-17(22)14-9-13(19(5,6)7)10-15(16(14)24-8)18(23)21-12(3)4/h9-12H,1-8H3,(H,20,22)(H,21,23). The van der Waals surface area contributed by atoms with E-state index in [0.29, 0.717) is 11.1 Å². The summed E-state index contributed by atoms with van der Waals surface area (Å²) in [5, 5.41) is 5.87. The van der Waals surface area contributed by atoms with E-state index < -0.39 is 0 Å². The van der Waals surface area contributed by atoms with Crippen LogP contribution in [0.3, 0.4) is 0 Å². The predicted molar refractivity (Wildman–Crippen MR) is 102 cm³/mol. The van der Waals surface area contributed by atoms with Crippen LogP contribution in [0.4, 0.5) is 0 Å². The SMILES string of the molecule is CSc1c(C(=O)NC(C)C)cc(C(C)(C)C)cc1C(=O)NC(C)C. The maximum Gasteiger partial charge on any atom is 0.252 e. The van der Waals surface area contributed by atoms with E-state index in [4.69, 9.17) is 0 Å². The van der Waals surface area contributed by atoms with Crippen LogP contribution in [-0.4, -0.2) is 30.2 Å². The Morgan fingerprint density at radius 1 is 0.917 bits per heavy atom. The first-order valence-corrected chi connectivity index (χ1v) is 9.54. The Balaban J connectivity index is 3.56. The fourth-order valence-corrected chi connectivity index (χ4v) is 3.04. The molecule has 4 nitrogen and oxygen atoms in total. The molecule has 134 valence electrons. The summed E-state index contributed by atoms with van der Waals surface area (Å²) in [7, 11) is 0. The van der Waals surface area contributed by atoms with Crippen molar-refractivity contribution >= 4 is 23.6 Å². The van der Waals surface area contributed by atoms with Crippen LogP contribution in [0.25, 0.3) is 0 Å². The summed E-state index contributed by atoms with van der Waals surface area (Å²) in [5.74, 6) is -0.280. The van der Waals surface area contributed by atoms with Crippen molar-refractivity contribution < 1.29 is 9.59 Å². The van der Waals surface area contributed by atoms with E-state index in [0.717, 1.165) is 10.5 Å². The highest BCUT2D eigenvalue weighted by atomic mass is 32.2. The molecule has 0 radical (unpaired) electrons. The summed E-state index contributed by atoms with van der Waals surface area (Å²) >= 11 is 1.43.